The van der Waals surface area contributed by atoms with Gasteiger partial charge in [-0.3, -0.25) is 10.1 Å². The lowest BCUT2D eigenvalue weighted by atomic mass is 9.94. The number of sulfonamides is 1. The molecule has 0 radical (unpaired) electrons. The first-order valence-corrected chi connectivity index (χ1v) is 15.7. The van der Waals surface area contributed by atoms with Gasteiger partial charge in [0.1, 0.15) is 5.37 Å². The molecule has 2 aromatic rings. The largest absolute Gasteiger partial charge is 0.461 e. The monoisotopic (exact) mass is 625 g/mol. The highest BCUT2D eigenvalue weighted by Gasteiger charge is 2.57. The minimum atomic E-state index is -4.58. The van der Waals surface area contributed by atoms with Gasteiger partial charge in [0, 0.05) is 25.4 Å². The van der Waals surface area contributed by atoms with Crippen molar-refractivity contribution in [2.24, 2.45) is 0 Å². The zero-order valence-electron chi connectivity index (χ0n) is 24.3. The van der Waals surface area contributed by atoms with Crippen LogP contribution >= 0.6 is 23.4 Å². The summed E-state index contributed by atoms with van der Waals surface area (Å²) in [5.74, 6) is -1.22. The van der Waals surface area contributed by atoms with Gasteiger partial charge in [-0.2, -0.15) is 0 Å². The van der Waals surface area contributed by atoms with Crippen LogP contribution < -0.4 is 14.4 Å². The first-order valence-electron chi connectivity index (χ1n) is 12.9. The molecule has 0 bridgehead atoms. The lowest BCUT2D eigenvalue weighted by Crippen LogP contribution is -2.65. The molecule has 0 aromatic heterocycles. The highest BCUT2D eigenvalue weighted by atomic mass is 35.5. The van der Waals surface area contributed by atoms with E-state index in [2.05, 4.69) is 5.32 Å². The molecule has 3 rings (SSSR count). The Balaban J connectivity index is 2.29. The van der Waals surface area contributed by atoms with Gasteiger partial charge in [0.05, 0.1) is 21.7 Å². The fourth-order valence-electron chi connectivity index (χ4n) is 4.08. The third kappa shape index (κ3) is 6.99. The number of anilines is 1. The van der Waals surface area contributed by atoms with E-state index >= 15 is 0 Å². The van der Waals surface area contributed by atoms with E-state index in [1.807, 2.05) is 13.8 Å². The number of halogens is 1. The maximum atomic E-state index is 14.4. The smallest absolute Gasteiger partial charge is 0.414 e. The van der Waals surface area contributed by atoms with E-state index in [1.165, 1.54) is 68.0 Å². The Morgan fingerprint density at radius 1 is 1.12 bits per heavy atom. The summed E-state index contributed by atoms with van der Waals surface area (Å²) in [6, 6.07) is 9.89. The topological polar surface area (TPSA) is 122 Å². The summed E-state index contributed by atoms with van der Waals surface area (Å²) in [5, 5.41) is 2.19. The highest BCUT2D eigenvalue weighted by molar-refractivity contribution is 8.01. The molecule has 2 atom stereocenters. The first-order chi connectivity index (χ1) is 18.9. The molecule has 10 nitrogen and oxygen atoms in total. The number of nitrogens with one attached hydrogen (secondary N) is 1. The van der Waals surface area contributed by atoms with E-state index in [0.29, 0.717) is 5.75 Å². The van der Waals surface area contributed by atoms with Crippen molar-refractivity contribution in [1.82, 2.24) is 10.2 Å². The number of carbonyl (C=O) groups is 3. The molecule has 1 amide bonds. The maximum absolute atomic E-state index is 14.4. The Bertz CT molecular complexity index is 1430. The number of hydrogen-bond acceptors (Lipinski definition) is 9. The first kappa shape index (κ1) is 32.7. The summed E-state index contributed by atoms with van der Waals surface area (Å²) < 4.78 is 40.3. The minimum Gasteiger partial charge on any atom is -0.461 e. The van der Waals surface area contributed by atoms with Gasteiger partial charge in [0.25, 0.3) is 10.0 Å². The van der Waals surface area contributed by atoms with Crippen LogP contribution in [0, 0.1) is 6.92 Å². The lowest BCUT2D eigenvalue weighted by Gasteiger charge is -2.40. The summed E-state index contributed by atoms with van der Waals surface area (Å²) in [7, 11) is -1.59. The number of benzene rings is 2. The number of ketones is 1. The predicted octanol–water partition coefficient (Wildman–Crippen LogP) is 4.62. The summed E-state index contributed by atoms with van der Waals surface area (Å²) in [6.07, 6.45) is -1.34. The molecule has 1 heterocycles. The molecule has 1 aliphatic heterocycles. The van der Waals surface area contributed by atoms with Crippen LogP contribution in [0.3, 0.4) is 0 Å². The van der Waals surface area contributed by atoms with Crippen LogP contribution in [0.2, 0.25) is 5.02 Å². The van der Waals surface area contributed by atoms with Crippen molar-refractivity contribution < 1.29 is 32.3 Å². The maximum Gasteiger partial charge on any atom is 0.414 e. The molecule has 0 aliphatic carbocycles. The number of hydrogen-bond donors (Lipinski definition) is 1. The van der Waals surface area contributed by atoms with E-state index < -0.39 is 50.4 Å². The second-order valence-electron chi connectivity index (χ2n) is 11.1. The van der Waals surface area contributed by atoms with Crippen molar-refractivity contribution in [3.63, 3.8) is 0 Å². The normalized spacial score (nSPS) is 18.0. The van der Waals surface area contributed by atoms with Gasteiger partial charge in [-0.1, -0.05) is 29.3 Å². The van der Waals surface area contributed by atoms with E-state index in [1.54, 1.807) is 32.9 Å². The second-order valence-corrected chi connectivity index (χ2v) is 14.4. The fourth-order valence-corrected chi connectivity index (χ4v) is 7.47. The molecule has 41 heavy (non-hydrogen) atoms. The Kier molecular flexibility index (Phi) is 9.74. The van der Waals surface area contributed by atoms with E-state index in [4.69, 9.17) is 21.1 Å². The molecule has 1 saturated heterocycles. The number of carbonyl (C=O) groups excluding carboxylic acids is 3. The van der Waals surface area contributed by atoms with Crippen LogP contribution in [0.4, 0.5) is 10.5 Å². The number of thioether (sulfide) groups is 1. The SMILES string of the molecule is Cc1ccc(S(=O)(=O)N(c2ccc(OC(=O)N(C)C)c(Cl)c2)[C@@](C)(C(=O)OC(C)C)C(=O)[C@H]2NC(C)(C)CS2)cc1. The minimum absolute atomic E-state index is 0.0330. The summed E-state index contributed by atoms with van der Waals surface area (Å²) in [6.45, 7) is 10.1. The van der Waals surface area contributed by atoms with Crippen molar-refractivity contribution in [3.05, 3.63) is 53.1 Å². The van der Waals surface area contributed by atoms with Crippen molar-refractivity contribution >= 4 is 56.9 Å². The Morgan fingerprint density at radius 3 is 2.22 bits per heavy atom. The number of Topliss-reactive ketones (excluding diaryl/α,β-unsaturated/α-hetero) is 1. The van der Waals surface area contributed by atoms with E-state index in [0.717, 1.165) is 9.87 Å². The molecule has 1 aliphatic rings. The molecule has 13 heteroatoms. The third-order valence-electron chi connectivity index (χ3n) is 6.27. The van der Waals surface area contributed by atoms with Crippen molar-refractivity contribution in [3.8, 4) is 5.75 Å². The number of aryl methyl sites for hydroxylation is 1. The summed E-state index contributed by atoms with van der Waals surface area (Å²) in [4.78, 5) is 41.3. The molecule has 224 valence electrons. The molecule has 0 spiro atoms. The summed E-state index contributed by atoms with van der Waals surface area (Å²) >= 11 is 7.74. The van der Waals surface area contributed by atoms with Gasteiger partial charge in [0.15, 0.2) is 11.5 Å². The van der Waals surface area contributed by atoms with Crippen molar-refractivity contribution in [2.75, 3.05) is 24.2 Å². The van der Waals surface area contributed by atoms with Crippen molar-refractivity contribution in [1.29, 1.82) is 0 Å². The van der Waals surface area contributed by atoms with Crippen LogP contribution in [-0.2, 0) is 24.3 Å². The molecule has 2 aromatic carbocycles. The van der Waals surface area contributed by atoms with Crippen LogP contribution in [0.25, 0.3) is 0 Å². The van der Waals surface area contributed by atoms with Gasteiger partial charge in [-0.15, -0.1) is 11.8 Å². The Hall–Kier alpha value is -2.80. The second kappa shape index (κ2) is 12.2. The molecule has 1 N–H and O–H groups in total. The van der Waals surface area contributed by atoms with E-state index in [9.17, 15) is 22.8 Å². The number of nitrogens with zero attached hydrogens (tertiary/aromatic N) is 2. The zero-order chi connectivity index (χ0) is 30.9. The molecular weight excluding hydrogens is 590 g/mol. The predicted molar refractivity (Wildman–Crippen MR) is 160 cm³/mol. The van der Waals surface area contributed by atoms with Crippen LogP contribution in [0.15, 0.2) is 47.4 Å². The molecule has 0 saturated carbocycles. The molecule has 0 unspecified atom stereocenters. The summed E-state index contributed by atoms with van der Waals surface area (Å²) in [5.41, 5.74) is -2.07. The average Bonchev–Trinajstić information content (AvgIpc) is 3.24. The average molecular weight is 626 g/mol. The van der Waals surface area contributed by atoms with Gasteiger partial charge in [-0.25, -0.2) is 22.3 Å². The van der Waals surface area contributed by atoms with Crippen LogP contribution in [0.5, 0.6) is 5.75 Å². The Morgan fingerprint density at radius 2 is 1.73 bits per heavy atom. The third-order valence-corrected chi connectivity index (χ3v) is 10.0. The number of ether oxygens (including phenoxy) is 2. The number of rotatable bonds is 9. The zero-order valence-corrected chi connectivity index (χ0v) is 26.7. The number of esters is 1. The standard InChI is InChI=1S/C28H36ClN3O7S2/c1-17(2)38-25(34)28(6,23(33)24-30-27(4,5)16-40-24)32(41(36,37)20-12-9-18(3)10-13-20)19-11-14-22(21(29)15-19)39-26(35)31(7)8/h9-15,17,24,30H,16H2,1-8H3/t24-,28+/m0/s1. The molecule has 1 fully saturated rings. The van der Waals surface area contributed by atoms with Gasteiger partial charge in [0.2, 0.25) is 5.54 Å². The van der Waals surface area contributed by atoms with Crippen LogP contribution in [-0.4, -0.2) is 73.6 Å². The lowest BCUT2D eigenvalue weighted by molar-refractivity contribution is -0.156. The van der Waals surface area contributed by atoms with Crippen LogP contribution in [0.1, 0.15) is 40.2 Å². The van der Waals surface area contributed by atoms with Gasteiger partial charge in [-0.05, 0) is 71.9 Å². The molecular formula is C28H36ClN3O7S2. The van der Waals surface area contributed by atoms with Crippen molar-refractivity contribution in [2.45, 2.75) is 69.0 Å². The highest BCUT2D eigenvalue weighted by Crippen LogP contribution is 2.40. The van der Waals surface area contributed by atoms with Gasteiger partial charge < -0.3 is 14.4 Å². The van der Waals surface area contributed by atoms with E-state index in [-0.39, 0.29) is 21.4 Å². The fraction of sp³-hybridized carbons (Fsp3) is 0.464. The Labute approximate surface area is 250 Å². The quantitative estimate of drug-likeness (QED) is 0.314. The number of amides is 1. The van der Waals surface area contributed by atoms with Gasteiger partial charge >= 0.3 is 12.1 Å².